The van der Waals surface area contributed by atoms with Gasteiger partial charge in [0, 0.05) is 39.7 Å². The second kappa shape index (κ2) is 10.9. The van der Waals surface area contributed by atoms with Gasteiger partial charge in [-0.25, -0.2) is 0 Å². The van der Waals surface area contributed by atoms with Crippen LogP contribution in [0.3, 0.4) is 0 Å². The molecule has 0 aliphatic carbocycles. The number of hydrogen-bond donors (Lipinski definition) is 0. The minimum Gasteiger partial charge on any atom is -0.455 e. The summed E-state index contributed by atoms with van der Waals surface area (Å²) in [5, 5.41) is 3.09. The van der Waals surface area contributed by atoms with Crippen LogP contribution in [-0.4, -0.2) is 4.98 Å². The lowest BCUT2D eigenvalue weighted by molar-refractivity contribution is 0.468. The fraction of sp³-hybridized carbons (Fsp3) is 0.0238. The lowest BCUT2D eigenvalue weighted by Gasteiger charge is -2.39. The fourth-order valence-corrected chi connectivity index (χ4v) is 11.3. The van der Waals surface area contributed by atoms with Crippen LogP contribution in [0.5, 0.6) is 23.0 Å². The van der Waals surface area contributed by atoms with Crippen molar-refractivity contribution < 1.29 is 9.47 Å². The van der Waals surface area contributed by atoms with Crippen LogP contribution in [0.4, 0.5) is 0 Å². The van der Waals surface area contributed by atoms with Crippen LogP contribution < -0.4 is 25.4 Å². The molecule has 2 aliphatic heterocycles. The number of aryl methyl sites for hydroxylation is 1. The van der Waals surface area contributed by atoms with Gasteiger partial charge in [0.05, 0.1) is 11.3 Å². The zero-order valence-electron chi connectivity index (χ0n) is 25.6. The van der Waals surface area contributed by atoms with Gasteiger partial charge in [-0.05, 0) is 70.6 Å². The molecule has 0 saturated carbocycles. The van der Waals surface area contributed by atoms with Crippen LogP contribution in [0.25, 0.3) is 44.5 Å². The highest BCUT2D eigenvalue weighted by atomic mass is 32.4. The number of para-hydroxylation sites is 2. The summed E-state index contributed by atoms with van der Waals surface area (Å²) in [4.78, 5) is 4.35. The molecule has 2 aliphatic rings. The highest BCUT2D eigenvalue weighted by molar-refractivity contribution is 8.26. The molecule has 9 rings (SSSR count). The Morgan fingerprint density at radius 3 is 1.55 bits per heavy atom. The van der Waals surface area contributed by atoms with Crippen molar-refractivity contribution in [3.63, 3.8) is 0 Å². The summed E-state index contributed by atoms with van der Waals surface area (Å²) in [6, 6.07) is 46.0. The Balaban J connectivity index is 1.28. The summed E-state index contributed by atoms with van der Waals surface area (Å²) in [5.41, 5.74) is 9.79. The molecule has 0 spiro atoms. The van der Waals surface area contributed by atoms with E-state index in [-0.39, 0.29) is 0 Å². The first-order valence-corrected chi connectivity index (χ1v) is 18.4. The molecule has 0 bridgehead atoms. The van der Waals surface area contributed by atoms with Crippen LogP contribution in [0, 0.1) is 6.92 Å². The smallest absolute Gasteiger partial charge is 0.144 e. The van der Waals surface area contributed by atoms with Crippen molar-refractivity contribution in [3.8, 4) is 67.5 Å². The van der Waals surface area contributed by atoms with Crippen molar-refractivity contribution in [1.29, 1.82) is 0 Å². The molecule has 3 heterocycles. The number of hydrogen-bond acceptors (Lipinski definition) is 4. The summed E-state index contributed by atoms with van der Waals surface area (Å²) >= 11 is 6.97. The maximum absolute atomic E-state index is 6.97. The molecule has 0 fully saturated rings. The molecule has 0 saturated heterocycles. The molecule has 0 radical (unpaired) electrons. The third-order valence-electron chi connectivity index (χ3n) is 9.18. The highest BCUT2D eigenvalue weighted by Gasteiger charge is 2.44. The van der Waals surface area contributed by atoms with Crippen LogP contribution in [0.1, 0.15) is 5.56 Å². The topological polar surface area (TPSA) is 31.4 Å². The molecule has 0 unspecified atom stereocenters. The van der Waals surface area contributed by atoms with Crippen molar-refractivity contribution in [1.82, 2.24) is 4.98 Å². The van der Waals surface area contributed by atoms with Gasteiger partial charge in [0.15, 0.2) is 0 Å². The normalized spacial score (nSPS) is 13.4. The molecule has 47 heavy (non-hydrogen) atoms. The van der Waals surface area contributed by atoms with Gasteiger partial charge in [-0.15, -0.1) is 0 Å². The first-order valence-electron chi connectivity index (χ1n) is 15.6. The largest absolute Gasteiger partial charge is 0.455 e. The molecular formula is C42H28NO2PS. The monoisotopic (exact) mass is 641 g/mol. The predicted octanol–water partition coefficient (Wildman–Crippen LogP) is 10.0. The van der Waals surface area contributed by atoms with Crippen molar-refractivity contribution >= 4 is 33.8 Å². The molecule has 0 amide bonds. The van der Waals surface area contributed by atoms with Crippen LogP contribution in [0.2, 0.25) is 0 Å². The summed E-state index contributed by atoms with van der Waals surface area (Å²) in [5.74, 6) is 3.19. The first kappa shape index (κ1) is 28.0. The maximum atomic E-state index is 6.97. The SMILES string of the molecule is Cc1ccncc1-c1ccc(-c2cc3c4c(c2)Oc2c(-c5ccccc5)cccc2P4(=S)c2cccc(-c4ccccc4)c2O3)cc1. The summed E-state index contributed by atoms with van der Waals surface area (Å²) < 4.78 is 13.9. The Morgan fingerprint density at radius 1 is 0.511 bits per heavy atom. The summed E-state index contributed by atoms with van der Waals surface area (Å²) in [6.07, 6.45) is 3.75. The van der Waals surface area contributed by atoms with Crippen LogP contribution in [-0.2, 0) is 11.8 Å². The van der Waals surface area contributed by atoms with Gasteiger partial charge >= 0.3 is 0 Å². The predicted molar refractivity (Wildman–Crippen MR) is 197 cm³/mol. The van der Waals surface area contributed by atoms with Gasteiger partial charge in [-0.2, -0.15) is 0 Å². The van der Waals surface area contributed by atoms with Crippen molar-refractivity contribution in [2.45, 2.75) is 6.92 Å². The molecule has 0 atom stereocenters. The minimum absolute atomic E-state index is 0.764. The van der Waals surface area contributed by atoms with Gasteiger partial charge in [0.2, 0.25) is 0 Å². The van der Waals surface area contributed by atoms with Gasteiger partial charge in [0.25, 0.3) is 0 Å². The van der Waals surface area contributed by atoms with E-state index in [1.165, 1.54) is 5.56 Å². The van der Waals surface area contributed by atoms with E-state index in [4.69, 9.17) is 21.3 Å². The van der Waals surface area contributed by atoms with E-state index in [1.807, 2.05) is 30.6 Å². The Bertz CT molecular complexity index is 2270. The number of aromatic nitrogens is 1. The molecular weight excluding hydrogens is 614 g/mol. The average Bonchev–Trinajstić information content (AvgIpc) is 3.12. The van der Waals surface area contributed by atoms with Gasteiger partial charge in [0.1, 0.15) is 23.0 Å². The number of fused-ring (bicyclic) bond motifs is 4. The lowest BCUT2D eigenvalue weighted by atomic mass is 9.98. The number of nitrogens with zero attached hydrogens (tertiary/aromatic N) is 1. The minimum atomic E-state index is -2.60. The van der Waals surface area contributed by atoms with Crippen LogP contribution >= 0.6 is 6.04 Å². The summed E-state index contributed by atoms with van der Waals surface area (Å²) in [7, 11) is 0. The van der Waals surface area contributed by atoms with Crippen LogP contribution in [0.15, 0.2) is 152 Å². The standard InChI is InChI=1S/C42H28NO2PS/c1-27-22-23-43-26-35(27)31-20-18-28(19-21-31)32-24-36-42-37(25-32)45-41-34(30-12-6-3-7-13-30)15-9-17-39(41)46(42,47)38-16-8-14-33(40(38)44-36)29-10-4-2-5-11-29/h2-26H,1H3. The van der Waals surface area contributed by atoms with E-state index < -0.39 is 6.04 Å². The number of pyridine rings is 1. The molecule has 6 aromatic carbocycles. The van der Waals surface area contributed by atoms with E-state index in [2.05, 4.69) is 133 Å². The zero-order chi connectivity index (χ0) is 31.5. The first-order chi connectivity index (χ1) is 23.1. The Hall–Kier alpha value is -5.28. The molecule has 1 aromatic heterocycles. The fourth-order valence-electron chi connectivity index (χ4n) is 6.86. The maximum Gasteiger partial charge on any atom is 0.144 e. The molecule has 3 nitrogen and oxygen atoms in total. The van der Waals surface area contributed by atoms with E-state index in [9.17, 15) is 0 Å². The van der Waals surface area contributed by atoms with Crippen molar-refractivity contribution in [3.05, 3.63) is 157 Å². The van der Waals surface area contributed by atoms with Gasteiger partial charge < -0.3 is 9.47 Å². The number of ether oxygens (including phenoxy) is 2. The Morgan fingerprint density at radius 2 is 1.02 bits per heavy atom. The number of benzene rings is 6. The highest BCUT2D eigenvalue weighted by Crippen LogP contribution is 2.61. The third kappa shape index (κ3) is 4.41. The number of rotatable bonds is 4. The van der Waals surface area contributed by atoms with Crippen molar-refractivity contribution in [2.75, 3.05) is 0 Å². The molecule has 224 valence electrons. The second-order valence-corrected chi connectivity index (χ2v) is 16.2. The lowest BCUT2D eigenvalue weighted by Crippen LogP contribution is -2.35. The van der Waals surface area contributed by atoms with Gasteiger partial charge in [-0.3, -0.25) is 4.98 Å². The Kier molecular flexibility index (Phi) is 6.50. The molecule has 5 heteroatoms. The third-order valence-corrected chi connectivity index (χ3v) is 14.0. The quantitative estimate of drug-likeness (QED) is 0.179. The Labute approximate surface area is 279 Å². The van der Waals surface area contributed by atoms with E-state index >= 15 is 0 Å². The van der Waals surface area contributed by atoms with E-state index in [1.54, 1.807) is 0 Å². The molecule has 0 N–H and O–H groups in total. The van der Waals surface area contributed by atoms with E-state index in [0.29, 0.717) is 0 Å². The van der Waals surface area contributed by atoms with Gasteiger partial charge in [-0.1, -0.05) is 121 Å². The summed E-state index contributed by atoms with van der Waals surface area (Å²) in [6.45, 7) is 2.11. The molecule has 7 aromatic rings. The zero-order valence-corrected chi connectivity index (χ0v) is 27.3. The second-order valence-electron chi connectivity index (χ2n) is 11.9. The average molecular weight is 642 g/mol. The van der Waals surface area contributed by atoms with Crippen molar-refractivity contribution in [2.24, 2.45) is 0 Å². The van der Waals surface area contributed by atoms with E-state index in [0.717, 1.165) is 83.4 Å².